The van der Waals surface area contributed by atoms with Crippen LogP contribution in [0.1, 0.15) is 27.0 Å². The summed E-state index contributed by atoms with van der Waals surface area (Å²) in [4.78, 5) is 14.0. The summed E-state index contributed by atoms with van der Waals surface area (Å²) < 4.78 is 0.785. The van der Waals surface area contributed by atoms with Gasteiger partial charge in [0.15, 0.2) is 5.84 Å². The van der Waals surface area contributed by atoms with Gasteiger partial charge in [-0.25, -0.2) is 0 Å². The van der Waals surface area contributed by atoms with Crippen LogP contribution in [0.5, 0.6) is 0 Å². The number of anilines is 1. The first-order valence-electron chi connectivity index (χ1n) is 6.22. The number of aryl methyl sites for hydroxylation is 1. The maximum atomic E-state index is 12.3. The lowest BCUT2D eigenvalue weighted by Gasteiger charge is -2.10. The van der Waals surface area contributed by atoms with Crippen LogP contribution in [0, 0.1) is 0 Å². The largest absolute Gasteiger partial charge is 0.409 e. The maximum absolute atomic E-state index is 12.3. The number of amidine groups is 1. The second kappa shape index (κ2) is 6.73. The molecule has 1 aromatic carbocycles. The Labute approximate surface area is 134 Å². The van der Waals surface area contributed by atoms with Crippen molar-refractivity contribution in [3.63, 3.8) is 0 Å². The molecule has 5 nitrogen and oxygen atoms in total. The lowest BCUT2D eigenvalue weighted by atomic mass is 10.1. The van der Waals surface area contributed by atoms with Crippen molar-refractivity contribution < 1.29 is 10.0 Å². The molecule has 0 aliphatic rings. The number of nitrogens with two attached hydrogens (primary N) is 1. The van der Waals surface area contributed by atoms with Gasteiger partial charge in [0.25, 0.3) is 5.91 Å². The van der Waals surface area contributed by atoms with E-state index in [2.05, 4.69) is 26.4 Å². The highest BCUT2D eigenvalue weighted by Crippen LogP contribution is 2.24. The van der Waals surface area contributed by atoms with Crippen LogP contribution in [0.4, 0.5) is 5.69 Å². The normalized spacial score (nSPS) is 11.4. The Kier molecular flexibility index (Phi) is 4.98. The van der Waals surface area contributed by atoms with E-state index < -0.39 is 0 Å². The number of thiophene rings is 1. The number of hydrogen-bond acceptors (Lipinski definition) is 4. The SMILES string of the molecule is CCc1ccc(C(=O)Nc2cc(Br)ccc2/C(N)=N/O)s1. The van der Waals surface area contributed by atoms with Crippen LogP contribution >= 0.6 is 27.3 Å². The molecular weight excluding hydrogens is 354 g/mol. The molecule has 110 valence electrons. The molecular formula is C14H14BrN3O2S. The average Bonchev–Trinajstić information content (AvgIpc) is 2.95. The van der Waals surface area contributed by atoms with Crippen LogP contribution in [0.3, 0.4) is 0 Å². The summed E-state index contributed by atoms with van der Waals surface area (Å²) in [6.45, 7) is 2.04. The average molecular weight is 368 g/mol. The number of nitrogens with zero attached hydrogens (tertiary/aromatic N) is 1. The molecule has 0 saturated carbocycles. The van der Waals surface area contributed by atoms with Crippen LogP contribution in [0.25, 0.3) is 0 Å². The molecule has 1 aromatic heterocycles. The van der Waals surface area contributed by atoms with Gasteiger partial charge >= 0.3 is 0 Å². The lowest BCUT2D eigenvalue weighted by Crippen LogP contribution is -2.18. The van der Waals surface area contributed by atoms with Gasteiger partial charge in [-0.15, -0.1) is 11.3 Å². The molecule has 0 aliphatic carbocycles. The van der Waals surface area contributed by atoms with Crippen LogP contribution in [0.15, 0.2) is 40.0 Å². The summed E-state index contributed by atoms with van der Waals surface area (Å²) in [5, 5.41) is 14.6. The summed E-state index contributed by atoms with van der Waals surface area (Å²) in [5.74, 6) is -0.275. The van der Waals surface area contributed by atoms with Crippen molar-refractivity contribution in [1.82, 2.24) is 0 Å². The second-order valence-corrected chi connectivity index (χ2v) is 6.33. The van der Waals surface area contributed by atoms with E-state index in [0.29, 0.717) is 16.1 Å². The Morgan fingerprint density at radius 2 is 2.19 bits per heavy atom. The third kappa shape index (κ3) is 3.62. The van der Waals surface area contributed by atoms with E-state index in [0.717, 1.165) is 15.8 Å². The first-order chi connectivity index (χ1) is 10.0. The molecule has 0 aliphatic heterocycles. The van der Waals surface area contributed by atoms with Crippen LogP contribution in [-0.2, 0) is 6.42 Å². The number of amides is 1. The minimum Gasteiger partial charge on any atom is -0.409 e. The molecule has 0 fully saturated rings. The van der Waals surface area contributed by atoms with Gasteiger partial charge in [0, 0.05) is 14.9 Å². The summed E-state index contributed by atoms with van der Waals surface area (Å²) in [5.41, 5.74) is 6.56. The lowest BCUT2D eigenvalue weighted by molar-refractivity contribution is 0.103. The molecule has 2 rings (SSSR count). The van der Waals surface area contributed by atoms with Gasteiger partial charge in [-0.2, -0.15) is 0 Å². The Morgan fingerprint density at radius 3 is 2.81 bits per heavy atom. The molecule has 0 saturated heterocycles. The molecule has 7 heteroatoms. The number of oxime groups is 1. The number of carbonyl (C=O) groups excluding carboxylic acids is 1. The van der Waals surface area contributed by atoms with Gasteiger partial charge in [-0.3, -0.25) is 4.79 Å². The van der Waals surface area contributed by atoms with Crippen molar-refractivity contribution in [3.05, 3.63) is 50.1 Å². The van der Waals surface area contributed by atoms with Crippen molar-refractivity contribution in [2.75, 3.05) is 5.32 Å². The number of nitrogens with one attached hydrogen (secondary N) is 1. The molecule has 1 heterocycles. The summed E-state index contributed by atoms with van der Waals surface area (Å²) in [7, 11) is 0. The van der Waals surface area contributed by atoms with Crippen molar-refractivity contribution in [2.24, 2.45) is 10.9 Å². The number of rotatable bonds is 4. The molecule has 21 heavy (non-hydrogen) atoms. The van der Waals surface area contributed by atoms with E-state index in [9.17, 15) is 4.79 Å². The molecule has 4 N–H and O–H groups in total. The standard InChI is InChI=1S/C14H14BrN3O2S/c1-2-9-4-6-12(21-9)14(19)17-11-7-8(15)3-5-10(11)13(16)18-20/h3-7,20H,2H2,1H3,(H2,16,18)(H,17,19). The Hall–Kier alpha value is -1.86. The van der Waals surface area contributed by atoms with Gasteiger partial charge < -0.3 is 16.3 Å². The highest BCUT2D eigenvalue weighted by molar-refractivity contribution is 9.10. The van der Waals surface area contributed by atoms with E-state index in [4.69, 9.17) is 10.9 Å². The zero-order valence-corrected chi connectivity index (χ0v) is 13.7. The third-order valence-corrected chi connectivity index (χ3v) is 4.57. The summed E-state index contributed by atoms with van der Waals surface area (Å²) >= 11 is 4.79. The maximum Gasteiger partial charge on any atom is 0.265 e. The van der Waals surface area contributed by atoms with Gasteiger partial charge in [0.2, 0.25) is 0 Å². The fraction of sp³-hybridized carbons (Fsp3) is 0.143. The topological polar surface area (TPSA) is 87.7 Å². The molecule has 0 unspecified atom stereocenters. The van der Waals surface area contributed by atoms with Crippen molar-refractivity contribution in [2.45, 2.75) is 13.3 Å². The number of carbonyl (C=O) groups is 1. The van der Waals surface area contributed by atoms with E-state index in [1.54, 1.807) is 24.3 Å². The fourth-order valence-electron chi connectivity index (χ4n) is 1.77. The van der Waals surface area contributed by atoms with E-state index >= 15 is 0 Å². The predicted molar refractivity (Wildman–Crippen MR) is 88.3 cm³/mol. The zero-order valence-electron chi connectivity index (χ0n) is 11.3. The number of halogens is 1. The van der Waals surface area contributed by atoms with E-state index in [1.165, 1.54) is 11.3 Å². The van der Waals surface area contributed by atoms with Crippen LogP contribution in [0.2, 0.25) is 0 Å². The molecule has 0 spiro atoms. The number of hydrogen-bond donors (Lipinski definition) is 3. The first-order valence-corrected chi connectivity index (χ1v) is 7.83. The van der Waals surface area contributed by atoms with Crippen molar-refractivity contribution >= 4 is 44.7 Å². The molecule has 1 amide bonds. The van der Waals surface area contributed by atoms with E-state index in [1.807, 2.05) is 13.0 Å². The van der Waals surface area contributed by atoms with Gasteiger partial charge in [-0.1, -0.05) is 28.0 Å². The fourth-order valence-corrected chi connectivity index (χ4v) is 2.97. The van der Waals surface area contributed by atoms with E-state index in [-0.39, 0.29) is 11.7 Å². The quantitative estimate of drug-likeness (QED) is 0.334. The molecule has 0 atom stereocenters. The van der Waals surface area contributed by atoms with Gasteiger partial charge in [0.1, 0.15) is 0 Å². The zero-order chi connectivity index (χ0) is 15.4. The van der Waals surface area contributed by atoms with Crippen LogP contribution < -0.4 is 11.1 Å². The molecule has 0 bridgehead atoms. The smallest absolute Gasteiger partial charge is 0.265 e. The second-order valence-electron chi connectivity index (χ2n) is 4.25. The minimum atomic E-state index is -0.218. The highest BCUT2D eigenvalue weighted by atomic mass is 79.9. The van der Waals surface area contributed by atoms with Gasteiger partial charge in [0.05, 0.1) is 10.6 Å². The summed E-state index contributed by atoms with van der Waals surface area (Å²) in [6.07, 6.45) is 0.893. The van der Waals surface area contributed by atoms with Gasteiger partial charge in [-0.05, 0) is 36.8 Å². The monoisotopic (exact) mass is 367 g/mol. The Morgan fingerprint density at radius 1 is 1.43 bits per heavy atom. The summed E-state index contributed by atoms with van der Waals surface area (Å²) in [6, 6.07) is 8.86. The minimum absolute atomic E-state index is 0.0572. The number of benzene rings is 1. The van der Waals surface area contributed by atoms with Crippen LogP contribution in [-0.4, -0.2) is 17.0 Å². The molecule has 0 radical (unpaired) electrons. The highest BCUT2D eigenvalue weighted by Gasteiger charge is 2.14. The molecule has 2 aromatic rings. The Balaban J connectivity index is 2.30. The van der Waals surface area contributed by atoms with Crippen molar-refractivity contribution in [1.29, 1.82) is 0 Å². The van der Waals surface area contributed by atoms with Crippen molar-refractivity contribution in [3.8, 4) is 0 Å². The first kappa shape index (κ1) is 15.5. The Bertz CT molecular complexity index is 697. The third-order valence-electron chi connectivity index (χ3n) is 2.85. The predicted octanol–water partition coefficient (Wildman–Crippen LogP) is 3.42.